The number of benzene rings is 1. The molecule has 2 aliphatic heterocycles. The van der Waals surface area contributed by atoms with Crippen LogP contribution < -0.4 is 5.32 Å². The summed E-state index contributed by atoms with van der Waals surface area (Å²) in [6, 6.07) is 9.61. The van der Waals surface area contributed by atoms with Crippen LogP contribution in [0.3, 0.4) is 0 Å². The molecule has 0 unspecified atom stereocenters. The van der Waals surface area contributed by atoms with E-state index in [0.717, 1.165) is 62.1 Å². The van der Waals surface area contributed by atoms with Gasteiger partial charge >= 0.3 is 0 Å². The molecule has 1 saturated heterocycles. The molecule has 2 aromatic rings. The third-order valence-corrected chi connectivity index (χ3v) is 5.94. The van der Waals surface area contributed by atoms with Gasteiger partial charge in [-0.15, -0.1) is 0 Å². The summed E-state index contributed by atoms with van der Waals surface area (Å²) in [6.45, 7) is 5.76. The third kappa shape index (κ3) is 4.68. The molecule has 2 aliphatic rings. The summed E-state index contributed by atoms with van der Waals surface area (Å²) in [7, 11) is 0. The highest BCUT2D eigenvalue weighted by Gasteiger charge is 2.21. The summed E-state index contributed by atoms with van der Waals surface area (Å²) >= 11 is 5.66. The number of hydrogen-bond acceptors (Lipinski definition) is 5. The second-order valence-corrected chi connectivity index (χ2v) is 7.98. The van der Waals surface area contributed by atoms with Crippen molar-refractivity contribution in [1.29, 1.82) is 0 Å². The molecule has 0 bridgehead atoms. The van der Waals surface area contributed by atoms with Crippen molar-refractivity contribution in [3.05, 3.63) is 40.9 Å². The highest BCUT2D eigenvalue weighted by molar-refractivity contribution is 7.71. The van der Waals surface area contributed by atoms with E-state index in [1.54, 1.807) is 0 Å². The van der Waals surface area contributed by atoms with Crippen LogP contribution in [0.2, 0.25) is 0 Å². The average molecular weight is 401 g/mol. The highest BCUT2D eigenvalue weighted by Crippen LogP contribution is 2.15. The summed E-state index contributed by atoms with van der Waals surface area (Å²) in [5, 5.41) is 7.73. The van der Waals surface area contributed by atoms with Crippen LogP contribution >= 0.6 is 12.2 Å². The average Bonchev–Trinajstić information content (AvgIpc) is 2.86. The molecule has 0 aliphatic carbocycles. The van der Waals surface area contributed by atoms with Crippen molar-refractivity contribution >= 4 is 23.8 Å². The van der Waals surface area contributed by atoms with E-state index in [-0.39, 0.29) is 5.91 Å². The number of aromatic nitrogens is 3. The maximum Gasteiger partial charge on any atom is 0.238 e. The van der Waals surface area contributed by atoms with E-state index in [4.69, 9.17) is 17.3 Å². The number of nitrogens with one attached hydrogen (secondary N) is 1. The number of fused-ring (bicyclic) bond motifs is 1. The second kappa shape index (κ2) is 8.98. The number of amides is 1. The zero-order chi connectivity index (χ0) is 19.3. The van der Waals surface area contributed by atoms with Crippen LogP contribution in [-0.2, 0) is 24.4 Å². The van der Waals surface area contributed by atoms with Gasteiger partial charge in [-0.1, -0.05) is 24.6 Å². The molecule has 8 heteroatoms. The minimum absolute atomic E-state index is 0.0414. The minimum atomic E-state index is 0.0414. The molecule has 7 nitrogen and oxygen atoms in total. The van der Waals surface area contributed by atoms with Crippen LogP contribution in [-0.4, -0.2) is 62.8 Å². The molecular weight excluding hydrogens is 372 g/mol. The van der Waals surface area contributed by atoms with Gasteiger partial charge in [0.15, 0.2) is 4.77 Å². The minimum Gasteiger partial charge on any atom is -0.325 e. The van der Waals surface area contributed by atoms with Crippen molar-refractivity contribution < 1.29 is 4.79 Å². The SMILES string of the molecule is O=C(CN1CCN(Cn2nc3n(c2=S)CCCCC3)CC1)Nc1ccccc1. The number of hydrogen-bond donors (Lipinski definition) is 1. The van der Waals surface area contributed by atoms with Gasteiger partial charge in [0, 0.05) is 44.8 Å². The number of rotatable bonds is 5. The number of carbonyl (C=O) groups excluding carboxylic acids is 1. The predicted octanol–water partition coefficient (Wildman–Crippen LogP) is 2.35. The van der Waals surface area contributed by atoms with Gasteiger partial charge in [0.25, 0.3) is 0 Å². The Hall–Kier alpha value is -2.03. The lowest BCUT2D eigenvalue weighted by molar-refractivity contribution is -0.117. The number of aryl methyl sites for hydroxylation is 1. The second-order valence-electron chi connectivity index (χ2n) is 7.61. The molecule has 1 amide bonds. The lowest BCUT2D eigenvalue weighted by Crippen LogP contribution is -2.49. The largest absolute Gasteiger partial charge is 0.325 e. The number of carbonyl (C=O) groups is 1. The van der Waals surface area contributed by atoms with Gasteiger partial charge in [0.2, 0.25) is 5.91 Å². The first-order chi connectivity index (χ1) is 13.7. The Kier molecular flexibility index (Phi) is 6.19. The monoisotopic (exact) mass is 400 g/mol. The van der Waals surface area contributed by atoms with Crippen molar-refractivity contribution in [3.8, 4) is 0 Å². The standard InChI is InChI=1S/C20H28N6OS/c27-19(21-17-7-3-1-4-8-17)15-23-11-13-24(14-12-23)16-26-20(28)25-10-6-2-5-9-18(25)22-26/h1,3-4,7-8H,2,5-6,9-16H2,(H,21,27). The molecule has 150 valence electrons. The van der Waals surface area contributed by atoms with Crippen LogP contribution in [0.1, 0.15) is 25.1 Å². The topological polar surface area (TPSA) is 58.3 Å². The van der Waals surface area contributed by atoms with E-state index in [0.29, 0.717) is 6.54 Å². The quantitative estimate of drug-likeness (QED) is 0.781. The van der Waals surface area contributed by atoms with Crippen molar-refractivity contribution in [2.45, 2.75) is 38.9 Å². The molecular formula is C20H28N6OS. The third-order valence-electron chi connectivity index (χ3n) is 5.51. The maximum atomic E-state index is 12.2. The zero-order valence-corrected chi connectivity index (χ0v) is 17.0. The van der Waals surface area contributed by atoms with Gasteiger partial charge < -0.3 is 9.88 Å². The summed E-state index contributed by atoms with van der Waals surface area (Å²) < 4.78 is 5.04. The molecule has 28 heavy (non-hydrogen) atoms. The fraction of sp³-hybridized carbons (Fsp3) is 0.550. The van der Waals surface area contributed by atoms with Gasteiger partial charge in [0.1, 0.15) is 5.82 Å². The summed E-state index contributed by atoms with van der Waals surface area (Å²) in [6.07, 6.45) is 4.69. The Morgan fingerprint density at radius 1 is 1.00 bits per heavy atom. The van der Waals surface area contributed by atoms with Crippen molar-refractivity contribution in [1.82, 2.24) is 24.1 Å². The van der Waals surface area contributed by atoms with Crippen LogP contribution in [0.25, 0.3) is 0 Å². The normalized spacial score (nSPS) is 18.4. The molecule has 3 heterocycles. The Labute approximate surface area is 170 Å². The first-order valence-corrected chi connectivity index (χ1v) is 10.6. The molecule has 0 radical (unpaired) electrons. The molecule has 0 saturated carbocycles. The predicted molar refractivity (Wildman–Crippen MR) is 112 cm³/mol. The fourth-order valence-electron chi connectivity index (χ4n) is 3.92. The van der Waals surface area contributed by atoms with Crippen molar-refractivity contribution in [2.75, 3.05) is 38.0 Å². The van der Waals surface area contributed by atoms with E-state index in [9.17, 15) is 4.79 Å². The van der Waals surface area contributed by atoms with Crippen molar-refractivity contribution in [2.24, 2.45) is 0 Å². The molecule has 4 rings (SSSR count). The van der Waals surface area contributed by atoms with Crippen molar-refractivity contribution in [3.63, 3.8) is 0 Å². The first kappa shape index (κ1) is 19.3. The van der Waals surface area contributed by atoms with Gasteiger partial charge in [-0.3, -0.25) is 14.6 Å². The Bertz CT molecular complexity index is 853. The van der Waals surface area contributed by atoms with Gasteiger partial charge in [0.05, 0.1) is 13.2 Å². The smallest absolute Gasteiger partial charge is 0.238 e. The summed E-state index contributed by atoms with van der Waals surface area (Å²) in [4.78, 5) is 16.8. The van der Waals surface area contributed by atoms with Crippen LogP contribution in [0.5, 0.6) is 0 Å². The highest BCUT2D eigenvalue weighted by atomic mass is 32.1. The van der Waals surface area contributed by atoms with Crippen LogP contribution in [0, 0.1) is 4.77 Å². The summed E-state index contributed by atoms with van der Waals surface area (Å²) in [5.74, 6) is 1.18. The number of nitrogens with zero attached hydrogens (tertiary/aromatic N) is 5. The lowest BCUT2D eigenvalue weighted by Gasteiger charge is -2.33. The lowest BCUT2D eigenvalue weighted by atomic mass is 10.2. The number of para-hydroxylation sites is 1. The molecule has 0 spiro atoms. The molecule has 1 N–H and O–H groups in total. The Morgan fingerprint density at radius 3 is 2.54 bits per heavy atom. The molecule has 0 atom stereocenters. The first-order valence-electron chi connectivity index (χ1n) is 10.2. The maximum absolute atomic E-state index is 12.2. The number of anilines is 1. The van der Waals surface area contributed by atoms with Crippen LogP contribution in [0.15, 0.2) is 30.3 Å². The Morgan fingerprint density at radius 2 is 1.75 bits per heavy atom. The fourth-order valence-corrected chi connectivity index (χ4v) is 4.22. The van der Waals surface area contributed by atoms with E-state index in [1.165, 1.54) is 19.3 Å². The van der Waals surface area contributed by atoms with Gasteiger partial charge in [-0.05, 0) is 37.2 Å². The van der Waals surface area contributed by atoms with E-state index >= 15 is 0 Å². The molecule has 1 fully saturated rings. The zero-order valence-electron chi connectivity index (χ0n) is 16.2. The summed E-state index contributed by atoms with van der Waals surface area (Å²) in [5.41, 5.74) is 0.847. The number of piperazine rings is 1. The van der Waals surface area contributed by atoms with Gasteiger partial charge in [-0.25, -0.2) is 4.68 Å². The molecule has 1 aromatic heterocycles. The Balaban J connectivity index is 1.27. The molecule has 1 aromatic carbocycles. The van der Waals surface area contributed by atoms with Gasteiger partial charge in [-0.2, -0.15) is 5.10 Å². The van der Waals surface area contributed by atoms with E-state index in [2.05, 4.69) is 19.7 Å². The van der Waals surface area contributed by atoms with Crippen LogP contribution in [0.4, 0.5) is 5.69 Å². The van der Waals surface area contributed by atoms with E-state index < -0.39 is 0 Å². The van der Waals surface area contributed by atoms with E-state index in [1.807, 2.05) is 35.0 Å².